The van der Waals surface area contributed by atoms with E-state index in [0.29, 0.717) is 11.5 Å². The minimum absolute atomic E-state index is 0.0688. The van der Waals surface area contributed by atoms with Crippen LogP contribution in [-0.4, -0.2) is 30.8 Å². The number of halogens is 1. The number of ether oxygens (including phenoxy) is 2. The number of aryl methyl sites for hydroxylation is 1. The third-order valence-corrected chi connectivity index (χ3v) is 4.88. The van der Waals surface area contributed by atoms with Gasteiger partial charge in [-0.15, -0.1) is 0 Å². The van der Waals surface area contributed by atoms with Gasteiger partial charge in [-0.1, -0.05) is 12.1 Å². The van der Waals surface area contributed by atoms with Crippen LogP contribution in [0.3, 0.4) is 0 Å². The van der Waals surface area contributed by atoms with Gasteiger partial charge in [0.25, 0.3) is 0 Å². The highest BCUT2D eigenvalue weighted by atomic mass is 19.1. The molecule has 1 amide bonds. The Balaban J connectivity index is 1.88. The molecule has 0 N–H and O–H groups in total. The number of amides is 1. The van der Waals surface area contributed by atoms with Crippen molar-refractivity contribution in [1.82, 2.24) is 4.90 Å². The third-order valence-electron chi connectivity index (χ3n) is 4.88. The molecule has 1 aliphatic rings. The zero-order valence-electron chi connectivity index (χ0n) is 16.1. The molecule has 1 unspecified atom stereocenters. The number of carbonyl (C=O) groups is 2. The first-order chi connectivity index (χ1) is 13.4. The molecule has 0 saturated heterocycles. The lowest BCUT2D eigenvalue weighted by molar-refractivity contribution is -0.131. The molecule has 2 aromatic carbocycles. The summed E-state index contributed by atoms with van der Waals surface area (Å²) in [4.78, 5) is 26.5. The van der Waals surface area contributed by atoms with E-state index in [1.807, 2.05) is 13.0 Å². The number of carbonyl (C=O) groups excluding carboxylic acids is 2. The van der Waals surface area contributed by atoms with Gasteiger partial charge >= 0.3 is 0 Å². The second-order valence-electron chi connectivity index (χ2n) is 6.66. The summed E-state index contributed by atoms with van der Waals surface area (Å²) in [7, 11) is 3.10. The van der Waals surface area contributed by atoms with Crippen molar-refractivity contribution in [2.75, 3.05) is 14.2 Å². The smallest absolute Gasteiger partial charge is 0.231 e. The largest absolute Gasteiger partial charge is 0.493 e. The number of hydrogen-bond donors (Lipinski definition) is 0. The van der Waals surface area contributed by atoms with Gasteiger partial charge in [-0.3, -0.25) is 9.59 Å². The summed E-state index contributed by atoms with van der Waals surface area (Å²) in [5.41, 5.74) is 2.43. The van der Waals surface area contributed by atoms with Gasteiger partial charge in [-0.2, -0.15) is 0 Å². The maximum atomic E-state index is 13.3. The van der Waals surface area contributed by atoms with Gasteiger partial charge in [0.05, 0.1) is 26.7 Å². The first kappa shape index (κ1) is 19.6. The predicted molar refractivity (Wildman–Crippen MR) is 103 cm³/mol. The number of nitrogens with zero attached hydrogens (tertiary/aromatic N) is 1. The number of hydrogen-bond acceptors (Lipinski definition) is 4. The zero-order chi connectivity index (χ0) is 20.3. The molecule has 146 valence electrons. The lowest BCUT2D eigenvalue weighted by Gasteiger charge is -2.31. The molecule has 28 heavy (non-hydrogen) atoms. The number of methoxy groups -OCH3 is 2. The first-order valence-electron chi connectivity index (χ1n) is 8.92. The van der Waals surface area contributed by atoms with Crippen LogP contribution >= 0.6 is 0 Å². The maximum Gasteiger partial charge on any atom is 0.231 e. The Morgan fingerprint density at radius 2 is 1.79 bits per heavy atom. The van der Waals surface area contributed by atoms with Crippen molar-refractivity contribution >= 4 is 11.7 Å². The molecular formula is C22H22FNO4. The van der Waals surface area contributed by atoms with Crippen LogP contribution in [0.1, 0.15) is 29.2 Å². The average Bonchev–Trinajstić information content (AvgIpc) is 2.69. The average molecular weight is 383 g/mol. The van der Waals surface area contributed by atoms with Gasteiger partial charge in [-0.05, 0) is 54.0 Å². The summed E-state index contributed by atoms with van der Waals surface area (Å²) < 4.78 is 23.9. The van der Waals surface area contributed by atoms with Crippen molar-refractivity contribution in [2.24, 2.45) is 0 Å². The van der Waals surface area contributed by atoms with Gasteiger partial charge in [0.2, 0.25) is 5.91 Å². The Bertz CT molecular complexity index is 921. The van der Waals surface area contributed by atoms with Crippen LogP contribution in [0.25, 0.3) is 0 Å². The van der Waals surface area contributed by atoms with E-state index in [2.05, 4.69) is 0 Å². The van der Waals surface area contributed by atoms with Crippen molar-refractivity contribution < 1.29 is 23.5 Å². The summed E-state index contributed by atoms with van der Waals surface area (Å²) >= 11 is 0. The molecule has 0 aromatic heterocycles. The Hall–Kier alpha value is -3.15. The van der Waals surface area contributed by atoms with E-state index in [0.717, 1.165) is 16.7 Å². The van der Waals surface area contributed by atoms with Crippen LogP contribution in [0.15, 0.2) is 48.7 Å². The molecule has 2 aromatic rings. The van der Waals surface area contributed by atoms with E-state index in [-0.39, 0.29) is 30.3 Å². The Labute approximate surface area is 163 Å². The highest BCUT2D eigenvalue weighted by Gasteiger charge is 2.29. The third kappa shape index (κ3) is 4.06. The van der Waals surface area contributed by atoms with Crippen LogP contribution in [-0.2, 0) is 16.0 Å². The molecule has 5 nitrogen and oxygen atoms in total. The van der Waals surface area contributed by atoms with Gasteiger partial charge in [0.1, 0.15) is 5.82 Å². The highest BCUT2D eigenvalue weighted by Crippen LogP contribution is 2.33. The lowest BCUT2D eigenvalue weighted by Crippen LogP contribution is -2.35. The summed E-state index contributed by atoms with van der Waals surface area (Å²) in [6, 6.07) is 9.04. The van der Waals surface area contributed by atoms with Crippen molar-refractivity contribution in [2.45, 2.75) is 25.8 Å². The number of ketones is 1. The van der Waals surface area contributed by atoms with Gasteiger partial charge in [0.15, 0.2) is 17.3 Å². The molecule has 0 fully saturated rings. The van der Waals surface area contributed by atoms with E-state index in [4.69, 9.17) is 9.47 Å². The summed E-state index contributed by atoms with van der Waals surface area (Å²) in [5, 5.41) is 0. The molecule has 0 bridgehead atoms. The summed E-state index contributed by atoms with van der Waals surface area (Å²) in [5.74, 6) is 0.563. The molecule has 6 heteroatoms. The van der Waals surface area contributed by atoms with Gasteiger partial charge in [0, 0.05) is 12.6 Å². The molecule has 3 rings (SSSR count). The van der Waals surface area contributed by atoms with E-state index in [1.165, 1.54) is 24.4 Å². The molecule has 0 spiro atoms. The normalized spacial score (nSPS) is 16.2. The number of allylic oxidation sites excluding steroid dienone is 1. The second-order valence-corrected chi connectivity index (χ2v) is 6.66. The molecule has 1 atom stereocenters. The first-order valence-corrected chi connectivity index (χ1v) is 8.92. The quantitative estimate of drug-likeness (QED) is 0.789. The topological polar surface area (TPSA) is 55.8 Å². The zero-order valence-corrected chi connectivity index (χ0v) is 16.1. The minimum atomic E-state index is -0.453. The van der Waals surface area contributed by atoms with Crippen LogP contribution < -0.4 is 9.47 Å². The SMILES string of the molecule is COc1cc(C)c(CC(=O)N2C=CC(=O)CC2c2ccc(F)cc2)cc1OC. The highest BCUT2D eigenvalue weighted by molar-refractivity contribution is 5.93. The number of rotatable bonds is 5. The minimum Gasteiger partial charge on any atom is -0.493 e. The van der Waals surface area contributed by atoms with E-state index >= 15 is 0 Å². The van der Waals surface area contributed by atoms with Crippen LogP contribution in [0.2, 0.25) is 0 Å². The lowest BCUT2D eigenvalue weighted by atomic mass is 9.96. The standard InChI is InChI=1S/C22H22FNO4/c1-14-10-20(27-2)21(28-3)11-16(14)12-22(26)24-9-8-18(25)13-19(24)15-4-6-17(23)7-5-15/h4-11,19H,12-13H2,1-3H3. The molecule has 0 saturated carbocycles. The monoisotopic (exact) mass is 383 g/mol. The van der Waals surface area contributed by atoms with Gasteiger partial charge in [-0.25, -0.2) is 4.39 Å². The predicted octanol–water partition coefficient (Wildman–Crippen LogP) is 3.75. The Morgan fingerprint density at radius 1 is 1.14 bits per heavy atom. The van der Waals surface area contributed by atoms with Crippen LogP contribution in [0.4, 0.5) is 4.39 Å². The van der Waals surface area contributed by atoms with E-state index < -0.39 is 6.04 Å². The Morgan fingerprint density at radius 3 is 2.43 bits per heavy atom. The fourth-order valence-electron chi connectivity index (χ4n) is 3.31. The van der Waals surface area contributed by atoms with E-state index in [9.17, 15) is 14.0 Å². The second kappa shape index (κ2) is 8.25. The summed E-state index contributed by atoms with van der Waals surface area (Å²) in [6.45, 7) is 1.90. The van der Waals surface area contributed by atoms with Crippen molar-refractivity contribution in [1.29, 1.82) is 0 Å². The van der Waals surface area contributed by atoms with Crippen molar-refractivity contribution in [3.63, 3.8) is 0 Å². The van der Waals surface area contributed by atoms with Gasteiger partial charge < -0.3 is 14.4 Å². The maximum absolute atomic E-state index is 13.3. The van der Waals surface area contributed by atoms with Crippen molar-refractivity contribution in [3.8, 4) is 11.5 Å². The molecular weight excluding hydrogens is 361 g/mol. The molecule has 1 aliphatic heterocycles. The fraction of sp³-hybridized carbons (Fsp3) is 0.273. The van der Waals surface area contributed by atoms with Crippen LogP contribution in [0, 0.1) is 12.7 Å². The fourth-order valence-corrected chi connectivity index (χ4v) is 3.31. The number of benzene rings is 2. The molecule has 1 heterocycles. The Kier molecular flexibility index (Phi) is 5.78. The molecule has 0 aliphatic carbocycles. The van der Waals surface area contributed by atoms with Crippen LogP contribution in [0.5, 0.6) is 11.5 Å². The van der Waals surface area contributed by atoms with Crippen molar-refractivity contribution in [3.05, 3.63) is 71.2 Å². The van der Waals surface area contributed by atoms with E-state index in [1.54, 1.807) is 37.3 Å². The summed E-state index contributed by atoms with van der Waals surface area (Å²) in [6.07, 6.45) is 3.22. The molecule has 0 radical (unpaired) electrons.